The van der Waals surface area contributed by atoms with E-state index in [4.69, 9.17) is 0 Å². The van der Waals surface area contributed by atoms with Crippen molar-refractivity contribution in [2.45, 2.75) is 49.7 Å². The van der Waals surface area contributed by atoms with Crippen LogP contribution in [0.5, 0.6) is 0 Å². The zero-order chi connectivity index (χ0) is 17.2. The topological polar surface area (TPSA) is 107 Å². The lowest BCUT2D eigenvalue weighted by Gasteiger charge is -2.59. The smallest absolute Gasteiger partial charge is 0.270 e. The third-order valence-corrected chi connectivity index (χ3v) is 6.15. The summed E-state index contributed by atoms with van der Waals surface area (Å²) in [5.74, 6) is 1.45. The molecule has 6 rings (SSSR count). The molecule has 0 unspecified atom stereocenters. The van der Waals surface area contributed by atoms with E-state index in [1.165, 1.54) is 18.6 Å². The normalized spacial score (nSPS) is 35.9. The molecule has 0 amide bonds. The van der Waals surface area contributed by atoms with Gasteiger partial charge in [-0.05, 0) is 49.2 Å². The van der Waals surface area contributed by atoms with Crippen LogP contribution < -0.4 is 0 Å². The first-order valence-electron chi connectivity index (χ1n) is 8.73. The van der Waals surface area contributed by atoms with Crippen LogP contribution in [-0.2, 0) is 5.54 Å². The van der Waals surface area contributed by atoms with Gasteiger partial charge in [0.05, 0.1) is 16.1 Å². The highest BCUT2D eigenvalue weighted by Crippen LogP contribution is 2.60. The van der Waals surface area contributed by atoms with Gasteiger partial charge in [0.15, 0.2) is 0 Å². The van der Waals surface area contributed by atoms with Gasteiger partial charge in [-0.15, -0.1) is 10.2 Å². The molecule has 1 heterocycles. The molecular weight excluding hydrogens is 322 g/mol. The van der Waals surface area contributed by atoms with Crippen LogP contribution in [0.25, 0.3) is 11.4 Å². The first-order valence-corrected chi connectivity index (χ1v) is 8.73. The van der Waals surface area contributed by atoms with Crippen LogP contribution in [0.2, 0.25) is 0 Å². The summed E-state index contributed by atoms with van der Waals surface area (Å²) in [6, 6.07) is 6.29. The van der Waals surface area contributed by atoms with Gasteiger partial charge in [0.1, 0.15) is 0 Å². The average molecular weight is 341 g/mol. The molecule has 4 bridgehead atoms. The molecule has 1 aromatic carbocycles. The second-order valence-electron chi connectivity index (χ2n) is 8.12. The number of nitro benzene ring substituents is 1. The highest BCUT2D eigenvalue weighted by atomic mass is 16.6. The van der Waals surface area contributed by atoms with Crippen molar-refractivity contribution in [3.05, 3.63) is 34.4 Å². The van der Waals surface area contributed by atoms with Gasteiger partial charge in [0, 0.05) is 24.1 Å². The summed E-state index contributed by atoms with van der Waals surface area (Å²) in [5.41, 5.74) is -0.254. The van der Waals surface area contributed by atoms with Gasteiger partial charge in [-0.2, -0.15) is 4.80 Å². The third kappa shape index (κ3) is 2.27. The Kier molecular flexibility index (Phi) is 2.90. The summed E-state index contributed by atoms with van der Waals surface area (Å²) >= 11 is 0. The van der Waals surface area contributed by atoms with E-state index in [1.54, 1.807) is 16.9 Å². The Labute approximate surface area is 144 Å². The van der Waals surface area contributed by atoms with E-state index in [0.717, 1.165) is 25.7 Å². The van der Waals surface area contributed by atoms with Crippen LogP contribution in [-0.4, -0.2) is 35.8 Å². The van der Waals surface area contributed by atoms with E-state index in [0.29, 0.717) is 29.6 Å². The Balaban J connectivity index is 1.51. The molecule has 25 heavy (non-hydrogen) atoms. The van der Waals surface area contributed by atoms with Crippen LogP contribution in [0, 0.1) is 22.0 Å². The highest BCUT2D eigenvalue weighted by molar-refractivity contribution is 5.58. The Bertz CT molecular complexity index is 849. The summed E-state index contributed by atoms with van der Waals surface area (Å²) in [5, 5.41) is 34.8. The average Bonchev–Trinajstić information content (AvgIpc) is 3.03. The summed E-state index contributed by atoms with van der Waals surface area (Å²) in [6.07, 6.45) is 5.61. The van der Waals surface area contributed by atoms with Gasteiger partial charge in [-0.1, -0.05) is 12.1 Å². The molecule has 1 N–H and O–H groups in total. The Hall–Kier alpha value is -2.35. The number of aliphatic hydroxyl groups is 1. The van der Waals surface area contributed by atoms with Gasteiger partial charge in [0.25, 0.3) is 5.69 Å². The van der Waals surface area contributed by atoms with Crippen molar-refractivity contribution in [1.29, 1.82) is 0 Å². The molecule has 2 atom stereocenters. The number of nitrogens with zero attached hydrogens (tertiary/aromatic N) is 5. The van der Waals surface area contributed by atoms with E-state index < -0.39 is 10.5 Å². The van der Waals surface area contributed by atoms with E-state index in [-0.39, 0.29) is 11.2 Å². The lowest BCUT2D eigenvalue weighted by Crippen LogP contribution is -2.60. The van der Waals surface area contributed by atoms with Gasteiger partial charge in [-0.25, -0.2) is 0 Å². The van der Waals surface area contributed by atoms with Gasteiger partial charge in [0.2, 0.25) is 5.82 Å². The fourth-order valence-corrected chi connectivity index (χ4v) is 5.69. The fraction of sp³-hybridized carbons (Fsp3) is 0.588. The number of rotatable bonds is 3. The minimum absolute atomic E-state index is 0.0120. The number of non-ortho nitro benzene ring substituents is 1. The first-order chi connectivity index (χ1) is 11.9. The molecule has 1 aromatic heterocycles. The number of benzene rings is 1. The standard InChI is InChI=1S/C17H19N5O3/c23-17-8-11-4-12(9-17)7-16(6-11,10-17)22-19-15(18-20-22)13-2-1-3-14(5-13)21(24)25/h1-3,5,11-12,23H,4,6-10H2/t11-,12-,16?,17?/m1/s1. The van der Waals surface area contributed by atoms with Gasteiger partial charge >= 0.3 is 0 Å². The predicted octanol–water partition coefficient (Wildman–Crippen LogP) is 2.29. The second kappa shape index (κ2) is 4.85. The monoisotopic (exact) mass is 341 g/mol. The van der Waals surface area contributed by atoms with E-state index in [2.05, 4.69) is 15.4 Å². The van der Waals surface area contributed by atoms with Crippen molar-refractivity contribution in [3.63, 3.8) is 0 Å². The predicted molar refractivity (Wildman–Crippen MR) is 87.5 cm³/mol. The van der Waals surface area contributed by atoms with E-state index in [9.17, 15) is 15.2 Å². The number of tetrazole rings is 1. The van der Waals surface area contributed by atoms with Crippen molar-refractivity contribution in [2.75, 3.05) is 0 Å². The minimum Gasteiger partial charge on any atom is -0.390 e. The fourth-order valence-electron chi connectivity index (χ4n) is 5.69. The van der Waals surface area contributed by atoms with Crippen LogP contribution in [0.3, 0.4) is 0 Å². The number of hydrogen-bond donors (Lipinski definition) is 1. The first kappa shape index (κ1) is 14.9. The summed E-state index contributed by atoms with van der Waals surface area (Å²) < 4.78 is 0. The van der Waals surface area contributed by atoms with Crippen molar-refractivity contribution in [2.24, 2.45) is 11.8 Å². The van der Waals surface area contributed by atoms with Crippen LogP contribution in [0.4, 0.5) is 5.69 Å². The Morgan fingerprint density at radius 3 is 2.68 bits per heavy atom. The lowest BCUT2D eigenvalue weighted by atomic mass is 9.51. The summed E-state index contributed by atoms with van der Waals surface area (Å²) in [6.45, 7) is 0. The summed E-state index contributed by atoms with van der Waals surface area (Å²) in [4.78, 5) is 12.2. The zero-order valence-electron chi connectivity index (χ0n) is 13.7. The van der Waals surface area contributed by atoms with Crippen LogP contribution >= 0.6 is 0 Å². The molecule has 4 aliphatic carbocycles. The zero-order valence-corrected chi connectivity index (χ0v) is 13.7. The third-order valence-electron chi connectivity index (χ3n) is 6.15. The van der Waals surface area contributed by atoms with E-state index >= 15 is 0 Å². The second-order valence-corrected chi connectivity index (χ2v) is 8.12. The number of nitro groups is 1. The SMILES string of the molecule is O=[N+]([O-])c1cccc(-c2nnn(C34C[C@H]5C[C@@H](CC(O)(C5)C3)C4)n2)c1. The van der Waals surface area contributed by atoms with Crippen molar-refractivity contribution in [1.82, 2.24) is 20.2 Å². The number of hydrogen-bond acceptors (Lipinski definition) is 6. The lowest BCUT2D eigenvalue weighted by molar-refractivity contribution is -0.384. The highest BCUT2D eigenvalue weighted by Gasteiger charge is 2.59. The van der Waals surface area contributed by atoms with E-state index in [1.807, 2.05) is 0 Å². The van der Waals surface area contributed by atoms with Crippen LogP contribution in [0.1, 0.15) is 38.5 Å². The quantitative estimate of drug-likeness (QED) is 0.678. The summed E-state index contributed by atoms with van der Waals surface area (Å²) in [7, 11) is 0. The molecule has 0 spiro atoms. The molecule has 0 aliphatic heterocycles. The molecule has 0 saturated heterocycles. The molecule has 2 aromatic rings. The maximum atomic E-state index is 11.0. The minimum atomic E-state index is -0.594. The van der Waals surface area contributed by atoms with Crippen molar-refractivity contribution >= 4 is 5.69 Å². The number of aromatic nitrogens is 4. The Morgan fingerprint density at radius 2 is 2.00 bits per heavy atom. The molecule has 8 heteroatoms. The molecule has 4 fully saturated rings. The molecular formula is C17H19N5O3. The maximum absolute atomic E-state index is 11.0. The Morgan fingerprint density at radius 1 is 1.24 bits per heavy atom. The molecule has 4 saturated carbocycles. The molecule has 130 valence electrons. The van der Waals surface area contributed by atoms with Crippen molar-refractivity contribution < 1.29 is 10.0 Å². The van der Waals surface area contributed by atoms with Crippen LogP contribution in [0.15, 0.2) is 24.3 Å². The molecule has 8 nitrogen and oxygen atoms in total. The molecule has 0 radical (unpaired) electrons. The largest absolute Gasteiger partial charge is 0.390 e. The van der Waals surface area contributed by atoms with Gasteiger partial charge in [-0.3, -0.25) is 10.1 Å². The maximum Gasteiger partial charge on any atom is 0.270 e. The molecule has 4 aliphatic rings. The van der Waals surface area contributed by atoms with Crippen molar-refractivity contribution in [3.8, 4) is 11.4 Å². The van der Waals surface area contributed by atoms with Gasteiger partial charge < -0.3 is 5.11 Å².